The summed E-state index contributed by atoms with van der Waals surface area (Å²) < 4.78 is 33.1. The number of fused-ring (bicyclic) bond motifs is 1. The maximum atomic E-state index is 14.1. The lowest BCUT2D eigenvalue weighted by Gasteiger charge is -2.09. The standard InChI is InChI=1S/C15H11F2NO/c16-12-8-11-6-7-18-14(11)13(17)15(12)19-9-10-4-2-1-3-5-10/h1-8,18H,9H2. The Labute approximate surface area is 108 Å². The maximum Gasteiger partial charge on any atom is 0.193 e. The highest BCUT2D eigenvalue weighted by Gasteiger charge is 2.15. The molecule has 3 aromatic rings. The van der Waals surface area contributed by atoms with Gasteiger partial charge in [0.15, 0.2) is 17.4 Å². The predicted molar refractivity (Wildman–Crippen MR) is 69.0 cm³/mol. The average Bonchev–Trinajstić information content (AvgIpc) is 2.88. The van der Waals surface area contributed by atoms with Crippen LogP contribution in [0.1, 0.15) is 5.56 Å². The van der Waals surface area contributed by atoms with Crippen LogP contribution in [0.15, 0.2) is 48.7 Å². The van der Waals surface area contributed by atoms with E-state index < -0.39 is 11.6 Å². The fourth-order valence-electron chi connectivity index (χ4n) is 1.97. The fraction of sp³-hybridized carbons (Fsp3) is 0.0667. The molecule has 1 heterocycles. The van der Waals surface area contributed by atoms with Crippen LogP contribution in [0.25, 0.3) is 10.9 Å². The SMILES string of the molecule is Fc1cc2cc[nH]c2c(F)c1OCc1ccccc1. The first kappa shape index (κ1) is 11.7. The lowest BCUT2D eigenvalue weighted by atomic mass is 10.2. The minimum atomic E-state index is -0.698. The van der Waals surface area contributed by atoms with Gasteiger partial charge in [-0.3, -0.25) is 0 Å². The van der Waals surface area contributed by atoms with Crippen LogP contribution in [-0.4, -0.2) is 4.98 Å². The van der Waals surface area contributed by atoms with Crippen molar-refractivity contribution in [3.63, 3.8) is 0 Å². The van der Waals surface area contributed by atoms with Gasteiger partial charge in [-0.05, 0) is 17.7 Å². The Morgan fingerprint density at radius 1 is 1.05 bits per heavy atom. The van der Waals surface area contributed by atoms with Gasteiger partial charge < -0.3 is 9.72 Å². The number of aromatic nitrogens is 1. The molecule has 3 rings (SSSR count). The van der Waals surface area contributed by atoms with Crippen LogP contribution in [0.4, 0.5) is 8.78 Å². The van der Waals surface area contributed by atoms with Gasteiger partial charge in [-0.2, -0.15) is 0 Å². The number of hydrogen-bond acceptors (Lipinski definition) is 1. The van der Waals surface area contributed by atoms with Crippen molar-refractivity contribution in [3.05, 3.63) is 65.9 Å². The molecule has 4 heteroatoms. The molecule has 96 valence electrons. The lowest BCUT2D eigenvalue weighted by Crippen LogP contribution is -2.00. The van der Waals surface area contributed by atoms with E-state index in [0.717, 1.165) is 5.56 Å². The van der Waals surface area contributed by atoms with Gasteiger partial charge in [-0.25, -0.2) is 8.78 Å². The minimum Gasteiger partial charge on any atom is -0.483 e. The Morgan fingerprint density at radius 3 is 2.63 bits per heavy atom. The molecule has 0 radical (unpaired) electrons. The number of benzene rings is 2. The second kappa shape index (κ2) is 4.72. The van der Waals surface area contributed by atoms with Crippen LogP contribution in [0.5, 0.6) is 5.75 Å². The van der Waals surface area contributed by atoms with Gasteiger partial charge in [0, 0.05) is 11.6 Å². The normalized spacial score (nSPS) is 10.8. The summed E-state index contributed by atoms with van der Waals surface area (Å²) >= 11 is 0. The number of H-pyrrole nitrogens is 1. The Morgan fingerprint density at radius 2 is 1.84 bits per heavy atom. The molecule has 2 aromatic carbocycles. The van der Waals surface area contributed by atoms with Crippen LogP contribution < -0.4 is 4.74 Å². The van der Waals surface area contributed by atoms with Gasteiger partial charge in [0.25, 0.3) is 0 Å². The van der Waals surface area contributed by atoms with Gasteiger partial charge in [-0.15, -0.1) is 0 Å². The summed E-state index contributed by atoms with van der Waals surface area (Å²) in [5.74, 6) is -1.74. The minimum absolute atomic E-state index is 0.126. The second-order valence-corrected chi connectivity index (χ2v) is 4.22. The van der Waals surface area contributed by atoms with Crippen molar-refractivity contribution < 1.29 is 13.5 Å². The third-order valence-corrected chi connectivity index (χ3v) is 2.92. The van der Waals surface area contributed by atoms with Gasteiger partial charge in [0.05, 0.1) is 5.52 Å². The van der Waals surface area contributed by atoms with Crippen molar-refractivity contribution in [1.29, 1.82) is 0 Å². The quantitative estimate of drug-likeness (QED) is 0.754. The highest BCUT2D eigenvalue weighted by molar-refractivity contribution is 5.81. The first-order valence-electron chi connectivity index (χ1n) is 5.87. The molecule has 0 unspecified atom stereocenters. The smallest absolute Gasteiger partial charge is 0.193 e. The number of hydrogen-bond donors (Lipinski definition) is 1. The van der Waals surface area contributed by atoms with Gasteiger partial charge >= 0.3 is 0 Å². The highest BCUT2D eigenvalue weighted by Crippen LogP contribution is 2.29. The summed E-state index contributed by atoms with van der Waals surface area (Å²) in [4.78, 5) is 2.73. The van der Waals surface area contributed by atoms with E-state index in [2.05, 4.69) is 4.98 Å². The van der Waals surface area contributed by atoms with E-state index in [1.54, 1.807) is 12.3 Å². The zero-order chi connectivity index (χ0) is 13.2. The molecule has 19 heavy (non-hydrogen) atoms. The molecule has 0 spiro atoms. The number of halogens is 2. The summed E-state index contributed by atoms with van der Waals surface area (Å²) in [7, 11) is 0. The molecule has 0 aliphatic rings. The molecule has 0 aliphatic carbocycles. The number of nitrogens with one attached hydrogen (secondary N) is 1. The molecule has 0 saturated heterocycles. The van der Waals surface area contributed by atoms with E-state index in [4.69, 9.17) is 4.74 Å². The number of ether oxygens (including phenoxy) is 1. The Kier molecular flexibility index (Phi) is 2.91. The predicted octanol–water partition coefficient (Wildman–Crippen LogP) is 4.03. The summed E-state index contributed by atoms with van der Waals surface area (Å²) in [5.41, 5.74) is 1.11. The van der Waals surface area contributed by atoms with Crippen molar-refractivity contribution in [2.24, 2.45) is 0 Å². The summed E-state index contributed by atoms with van der Waals surface area (Å²) in [6.07, 6.45) is 1.56. The molecular formula is C15H11F2NO. The van der Waals surface area contributed by atoms with Crippen molar-refractivity contribution in [2.75, 3.05) is 0 Å². The first-order valence-corrected chi connectivity index (χ1v) is 5.87. The Hall–Kier alpha value is -2.36. The summed E-state index contributed by atoms with van der Waals surface area (Å²) in [5, 5.41) is 0.488. The monoisotopic (exact) mass is 259 g/mol. The van der Waals surface area contributed by atoms with Crippen LogP contribution in [0.2, 0.25) is 0 Å². The average molecular weight is 259 g/mol. The van der Waals surface area contributed by atoms with Crippen molar-refractivity contribution >= 4 is 10.9 Å². The van der Waals surface area contributed by atoms with Crippen LogP contribution in [-0.2, 0) is 6.61 Å². The van der Waals surface area contributed by atoms with Crippen LogP contribution >= 0.6 is 0 Å². The zero-order valence-corrected chi connectivity index (χ0v) is 9.99. The van der Waals surface area contributed by atoms with Crippen LogP contribution in [0.3, 0.4) is 0 Å². The number of aromatic amines is 1. The van der Waals surface area contributed by atoms with Gasteiger partial charge in [0.1, 0.15) is 6.61 Å². The topological polar surface area (TPSA) is 25.0 Å². The molecule has 0 atom stereocenters. The lowest BCUT2D eigenvalue weighted by molar-refractivity contribution is 0.275. The Bertz CT molecular complexity index is 707. The zero-order valence-electron chi connectivity index (χ0n) is 9.99. The first-order chi connectivity index (χ1) is 9.25. The maximum absolute atomic E-state index is 14.1. The molecule has 1 aromatic heterocycles. The van der Waals surface area contributed by atoms with Gasteiger partial charge in [-0.1, -0.05) is 30.3 Å². The Balaban J connectivity index is 1.92. The molecule has 0 aliphatic heterocycles. The van der Waals surface area contributed by atoms with E-state index in [9.17, 15) is 8.78 Å². The fourth-order valence-corrected chi connectivity index (χ4v) is 1.97. The van der Waals surface area contributed by atoms with Crippen molar-refractivity contribution in [2.45, 2.75) is 6.61 Å². The van der Waals surface area contributed by atoms with E-state index in [-0.39, 0.29) is 17.9 Å². The summed E-state index contributed by atoms with van der Waals surface area (Å²) in [6, 6.07) is 12.1. The molecule has 2 nitrogen and oxygen atoms in total. The molecule has 0 amide bonds. The highest BCUT2D eigenvalue weighted by atomic mass is 19.1. The molecule has 0 bridgehead atoms. The third-order valence-electron chi connectivity index (χ3n) is 2.92. The molecule has 0 saturated carbocycles. The summed E-state index contributed by atoms with van der Waals surface area (Å²) in [6.45, 7) is 0.126. The molecule has 0 fully saturated rings. The second-order valence-electron chi connectivity index (χ2n) is 4.22. The number of rotatable bonds is 3. The molecular weight excluding hydrogens is 248 g/mol. The third kappa shape index (κ3) is 2.17. The van der Waals surface area contributed by atoms with E-state index in [1.165, 1.54) is 6.07 Å². The van der Waals surface area contributed by atoms with Crippen molar-refractivity contribution in [1.82, 2.24) is 4.98 Å². The van der Waals surface area contributed by atoms with E-state index in [0.29, 0.717) is 5.39 Å². The van der Waals surface area contributed by atoms with Crippen LogP contribution in [0, 0.1) is 11.6 Å². The molecule has 1 N–H and O–H groups in total. The van der Waals surface area contributed by atoms with Crippen molar-refractivity contribution in [3.8, 4) is 5.75 Å². The largest absolute Gasteiger partial charge is 0.483 e. The van der Waals surface area contributed by atoms with E-state index in [1.807, 2.05) is 30.3 Å². The van der Waals surface area contributed by atoms with E-state index >= 15 is 0 Å². The van der Waals surface area contributed by atoms with Gasteiger partial charge in [0.2, 0.25) is 0 Å².